The monoisotopic (exact) mass is 213 g/mol. The molecule has 0 radical (unpaired) electrons. The van der Waals surface area contributed by atoms with Gasteiger partial charge in [-0.15, -0.1) is 12.4 Å². The van der Waals surface area contributed by atoms with E-state index < -0.39 is 0 Å². The Morgan fingerprint density at radius 1 is 1.29 bits per heavy atom. The van der Waals surface area contributed by atoms with E-state index in [1.54, 1.807) is 7.11 Å². The van der Waals surface area contributed by atoms with Gasteiger partial charge in [0.15, 0.2) is 0 Å². The number of methoxy groups -OCH3 is 1. The molecule has 1 fully saturated rings. The van der Waals surface area contributed by atoms with Crippen molar-refractivity contribution in [1.82, 2.24) is 5.32 Å². The normalized spacial score (nSPS) is 25.8. The predicted octanol–water partition coefficient (Wildman–Crippen LogP) is 1.94. The van der Waals surface area contributed by atoms with E-state index in [1.807, 2.05) is 6.07 Å². The first-order chi connectivity index (χ1) is 6.37. The van der Waals surface area contributed by atoms with E-state index in [0.29, 0.717) is 0 Å². The molecule has 3 heteroatoms. The molecule has 0 saturated carbocycles. The Hall–Kier alpha value is -0.570. The molecule has 1 aromatic carbocycles. The van der Waals surface area contributed by atoms with Gasteiger partial charge >= 0.3 is 0 Å². The van der Waals surface area contributed by atoms with Gasteiger partial charge in [-0.05, 0) is 18.5 Å². The number of hydrogen-bond donors (Lipinski definition) is 1. The van der Waals surface area contributed by atoms with Crippen LogP contribution in [0.2, 0.25) is 0 Å². The van der Waals surface area contributed by atoms with Crippen LogP contribution in [-0.2, 0) is 10.3 Å². The van der Waals surface area contributed by atoms with Gasteiger partial charge in [0.2, 0.25) is 0 Å². The fourth-order valence-electron chi connectivity index (χ4n) is 1.95. The van der Waals surface area contributed by atoms with Crippen LogP contribution in [0.15, 0.2) is 30.3 Å². The van der Waals surface area contributed by atoms with Gasteiger partial charge in [0.05, 0.1) is 0 Å². The average molecular weight is 214 g/mol. The number of rotatable bonds is 2. The maximum Gasteiger partial charge on any atom is 0.106 e. The zero-order valence-electron chi connectivity index (χ0n) is 8.32. The quantitative estimate of drug-likeness (QED) is 0.811. The number of halogens is 1. The standard InChI is InChI=1S/C11H15NO.ClH/c1-13-11(7-8-12-9-11)10-5-3-2-4-6-10;/h2-6,12H,7-9H2,1H3;1H. The van der Waals surface area contributed by atoms with Crippen LogP contribution in [0.1, 0.15) is 12.0 Å². The molecule has 0 aliphatic carbocycles. The molecule has 0 aromatic heterocycles. The van der Waals surface area contributed by atoms with E-state index in [2.05, 4.69) is 29.6 Å². The Morgan fingerprint density at radius 2 is 2.00 bits per heavy atom. The van der Waals surface area contributed by atoms with Crippen molar-refractivity contribution in [1.29, 1.82) is 0 Å². The van der Waals surface area contributed by atoms with Crippen molar-refractivity contribution in [3.8, 4) is 0 Å². The first-order valence-corrected chi connectivity index (χ1v) is 4.69. The molecule has 14 heavy (non-hydrogen) atoms. The van der Waals surface area contributed by atoms with Crippen molar-refractivity contribution < 1.29 is 4.74 Å². The first kappa shape index (κ1) is 11.5. The highest BCUT2D eigenvalue weighted by Gasteiger charge is 2.35. The van der Waals surface area contributed by atoms with Crippen molar-refractivity contribution in [2.24, 2.45) is 0 Å². The minimum atomic E-state index is -0.0821. The number of benzene rings is 1. The molecule has 78 valence electrons. The second kappa shape index (κ2) is 4.78. The highest BCUT2D eigenvalue weighted by atomic mass is 35.5. The van der Waals surface area contributed by atoms with Crippen LogP contribution in [0.4, 0.5) is 0 Å². The van der Waals surface area contributed by atoms with E-state index in [1.165, 1.54) is 5.56 Å². The molecule has 1 aliphatic rings. The molecule has 1 N–H and O–H groups in total. The lowest BCUT2D eigenvalue weighted by atomic mass is 9.93. The van der Waals surface area contributed by atoms with Crippen molar-refractivity contribution >= 4 is 12.4 Å². The van der Waals surface area contributed by atoms with Gasteiger partial charge in [-0.1, -0.05) is 30.3 Å². The summed E-state index contributed by atoms with van der Waals surface area (Å²) < 4.78 is 5.62. The van der Waals surface area contributed by atoms with E-state index in [-0.39, 0.29) is 18.0 Å². The van der Waals surface area contributed by atoms with Crippen LogP contribution < -0.4 is 5.32 Å². The molecule has 1 unspecified atom stereocenters. The minimum Gasteiger partial charge on any atom is -0.372 e. The van der Waals surface area contributed by atoms with Gasteiger partial charge in [0, 0.05) is 13.7 Å². The first-order valence-electron chi connectivity index (χ1n) is 4.69. The molecular formula is C11H16ClNO. The van der Waals surface area contributed by atoms with Crippen molar-refractivity contribution in [2.75, 3.05) is 20.2 Å². The Morgan fingerprint density at radius 3 is 2.50 bits per heavy atom. The SMILES string of the molecule is COC1(c2ccccc2)CCNC1.Cl. The van der Waals surface area contributed by atoms with Crippen LogP contribution in [0.5, 0.6) is 0 Å². The summed E-state index contributed by atoms with van der Waals surface area (Å²) in [6.45, 7) is 1.97. The average Bonchev–Trinajstić information content (AvgIpc) is 2.69. The number of nitrogens with one attached hydrogen (secondary N) is 1. The van der Waals surface area contributed by atoms with Gasteiger partial charge in [-0.25, -0.2) is 0 Å². The lowest BCUT2D eigenvalue weighted by molar-refractivity contribution is 0.00325. The molecule has 2 rings (SSSR count). The van der Waals surface area contributed by atoms with Gasteiger partial charge in [-0.2, -0.15) is 0 Å². The summed E-state index contributed by atoms with van der Waals surface area (Å²) in [6.07, 6.45) is 1.06. The van der Waals surface area contributed by atoms with Crippen LogP contribution in [-0.4, -0.2) is 20.2 Å². The number of ether oxygens (including phenoxy) is 1. The van der Waals surface area contributed by atoms with Crippen LogP contribution in [0.25, 0.3) is 0 Å². The summed E-state index contributed by atoms with van der Waals surface area (Å²) in [4.78, 5) is 0. The fourth-order valence-corrected chi connectivity index (χ4v) is 1.95. The van der Waals surface area contributed by atoms with E-state index >= 15 is 0 Å². The summed E-state index contributed by atoms with van der Waals surface area (Å²) in [6, 6.07) is 10.4. The van der Waals surface area contributed by atoms with Crippen molar-refractivity contribution in [2.45, 2.75) is 12.0 Å². The van der Waals surface area contributed by atoms with Crippen LogP contribution in [0.3, 0.4) is 0 Å². The summed E-state index contributed by atoms with van der Waals surface area (Å²) >= 11 is 0. The molecule has 1 aromatic rings. The Bertz CT molecular complexity index is 270. The molecule has 0 spiro atoms. The molecule has 1 aliphatic heterocycles. The molecule has 0 bridgehead atoms. The van der Waals surface area contributed by atoms with E-state index in [9.17, 15) is 0 Å². The van der Waals surface area contributed by atoms with E-state index in [0.717, 1.165) is 19.5 Å². The highest BCUT2D eigenvalue weighted by molar-refractivity contribution is 5.85. The predicted molar refractivity (Wildman–Crippen MR) is 59.9 cm³/mol. The number of hydrogen-bond acceptors (Lipinski definition) is 2. The van der Waals surface area contributed by atoms with Gasteiger partial charge in [-0.3, -0.25) is 0 Å². The third kappa shape index (κ3) is 1.92. The Kier molecular flexibility index (Phi) is 3.93. The fraction of sp³-hybridized carbons (Fsp3) is 0.455. The van der Waals surface area contributed by atoms with Crippen molar-refractivity contribution in [3.05, 3.63) is 35.9 Å². The maximum absolute atomic E-state index is 5.62. The van der Waals surface area contributed by atoms with Crippen LogP contribution >= 0.6 is 12.4 Å². The molecule has 1 heterocycles. The van der Waals surface area contributed by atoms with Crippen LogP contribution in [0, 0.1) is 0 Å². The third-order valence-electron chi connectivity index (χ3n) is 2.81. The summed E-state index contributed by atoms with van der Waals surface area (Å²) in [5.41, 5.74) is 1.20. The lowest BCUT2D eigenvalue weighted by Gasteiger charge is -2.26. The molecule has 2 nitrogen and oxygen atoms in total. The zero-order chi connectivity index (χ0) is 9.15. The summed E-state index contributed by atoms with van der Waals surface area (Å²) in [7, 11) is 1.79. The summed E-state index contributed by atoms with van der Waals surface area (Å²) in [5.74, 6) is 0. The van der Waals surface area contributed by atoms with Gasteiger partial charge in [0.25, 0.3) is 0 Å². The lowest BCUT2D eigenvalue weighted by Crippen LogP contribution is -2.30. The second-order valence-corrected chi connectivity index (χ2v) is 3.49. The molecule has 1 atom stereocenters. The molecule has 1 saturated heterocycles. The minimum absolute atomic E-state index is 0. The Balaban J connectivity index is 0.000000980. The largest absolute Gasteiger partial charge is 0.372 e. The topological polar surface area (TPSA) is 21.3 Å². The Labute approximate surface area is 91.1 Å². The summed E-state index contributed by atoms with van der Waals surface area (Å²) in [5, 5.41) is 3.34. The third-order valence-corrected chi connectivity index (χ3v) is 2.81. The van der Waals surface area contributed by atoms with Crippen molar-refractivity contribution in [3.63, 3.8) is 0 Å². The zero-order valence-corrected chi connectivity index (χ0v) is 9.14. The molecular weight excluding hydrogens is 198 g/mol. The highest BCUT2D eigenvalue weighted by Crippen LogP contribution is 2.30. The van der Waals surface area contributed by atoms with Gasteiger partial charge < -0.3 is 10.1 Å². The smallest absolute Gasteiger partial charge is 0.106 e. The second-order valence-electron chi connectivity index (χ2n) is 3.49. The molecule has 0 amide bonds. The van der Waals surface area contributed by atoms with E-state index in [4.69, 9.17) is 4.74 Å². The van der Waals surface area contributed by atoms with Gasteiger partial charge in [0.1, 0.15) is 5.60 Å². The maximum atomic E-state index is 5.62.